The van der Waals surface area contributed by atoms with Crippen LogP contribution in [-0.2, 0) is 4.79 Å². The van der Waals surface area contributed by atoms with Gasteiger partial charge in [-0.1, -0.05) is 26.2 Å². The molecule has 3 nitrogen and oxygen atoms in total. The zero-order chi connectivity index (χ0) is 10.6. The summed E-state index contributed by atoms with van der Waals surface area (Å²) in [7, 11) is 0. The highest BCUT2D eigenvalue weighted by molar-refractivity contribution is 5.69. The maximum Gasteiger partial charge on any atom is 0.317 e. The fourth-order valence-electron chi connectivity index (χ4n) is 2.11. The van der Waals surface area contributed by atoms with Gasteiger partial charge in [-0.15, -0.1) is 0 Å². The number of hydrogen-bond acceptors (Lipinski definition) is 2. The van der Waals surface area contributed by atoms with Crippen LogP contribution in [0.2, 0.25) is 0 Å². The standard InChI is InChI=1S/C11H21NO2/c1-3-12(8-11(13)14)9(2)7-10-5-4-6-10/h9-10H,3-8H2,1-2H3,(H,13,14). The van der Waals surface area contributed by atoms with Crippen LogP contribution in [0.4, 0.5) is 0 Å². The van der Waals surface area contributed by atoms with Crippen molar-refractivity contribution in [3.05, 3.63) is 0 Å². The Kier molecular flexibility index (Phi) is 4.39. The second-order valence-corrected chi connectivity index (χ2v) is 4.34. The van der Waals surface area contributed by atoms with Gasteiger partial charge in [0.25, 0.3) is 0 Å². The summed E-state index contributed by atoms with van der Waals surface area (Å²) in [5, 5.41) is 8.73. The van der Waals surface area contributed by atoms with E-state index < -0.39 is 5.97 Å². The molecule has 1 unspecified atom stereocenters. The summed E-state index contributed by atoms with van der Waals surface area (Å²) in [6.07, 6.45) is 5.22. The van der Waals surface area contributed by atoms with E-state index in [-0.39, 0.29) is 6.54 Å². The minimum absolute atomic E-state index is 0.185. The third-order valence-corrected chi connectivity index (χ3v) is 3.27. The molecular formula is C11H21NO2. The second kappa shape index (κ2) is 5.35. The van der Waals surface area contributed by atoms with E-state index in [0.29, 0.717) is 6.04 Å². The zero-order valence-electron chi connectivity index (χ0n) is 9.20. The molecule has 1 saturated carbocycles. The Balaban J connectivity index is 2.29. The molecule has 0 aromatic carbocycles. The first kappa shape index (κ1) is 11.5. The van der Waals surface area contributed by atoms with Crippen LogP contribution < -0.4 is 0 Å². The Hall–Kier alpha value is -0.570. The maximum atomic E-state index is 10.6. The number of hydrogen-bond donors (Lipinski definition) is 1. The number of aliphatic carboxylic acids is 1. The number of carboxylic acids is 1. The largest absolute Gasteiger partial charge is 0.480 e. The van der Waals surface area contributed by atoms with Gasteiger partial charge in [0.15, 0.2) is 0 Å². The minimum Gasteiger partial charge on any atom is -0.480 e. The van der Waals surface area contributed by atoms with Gasteiger partial charge >= 0.3 is 5.97 Å². The van der Waals surface area contributed by atoms with Gasteiger partial charge in [0.05, 0.1) is 6.54 Å². The summed E-state index contributed by atoms with van der Waals surface area (Å²) >= 11 is 0. The Morgan fingerprint density at radius 1 is 1.57 bits per heavy atom. The molecule has 1 N–H and O–H groups in total. The lowest BCUT2D eigenvalue weighted by molar-refractivity contribution is -0.138. The fraction of sp³-hybridized carbons (Fsp3) is 0.909. The maximum absolute atomic E-state index is 10.6. The molecule has 1 aliphatic rings. The molecule has 1 atom stereocenters. The molecule has 0 radical (unpaired) electrons. The summed E-state index contributed by atoms with van der Waals surface area (Å²) in [6.45, 7) is 5.19. The van der Waals surface area contributed by atoms with Crippen LogP contribution in [0.15, 0.2) is 0 Å². The fourth-order valence-corrected chi connectivity index (χ4v) is 2.11. The lowest BCUT2D eigenvalue weighted by Gasteiger charge is -2.33. The molecule has 0 spiro atoms. The van der Waals surface area contributed by atoms with E-state index in [9.17, 15) is 4.79 Å². The van der Waals surface area contributed by atoms with Crippen molar-refractivity contribution in [2.75, 3.05) is 13.1 Å². The first-order valence-corrected chi connectivity index (χ1v) is 5.59. The summed E-state index contributed by atoms with van der Waals surface area (Å²) in [5.74, 6) is 0.139. The van der Waals surface area contributed by atoms with Crippen LogP contribution in [0.1, 0.15) is 39.5 Å². The average molecular weight is 199 g/mol. The summed E-state index contributed by atoms with van der Waals surface area (Å²) in [6, 6.07) is 0.418. The van der Waals surface area contributed by atoms with Gasteiger partial charge in [-0.3, -0.25) is 9.69 Å². The monoisotopic (exact) mass is 199 g/mol. The summed E-state index contributed by atoms with van der Waals surface area (Å²) in [4.78, 5) is 12.6. The van der Waals surface area contributed by atoms with Gasteiger partial charge in [0.2, 0.25) is 0 Å². The van der Waals surface area contributed by atoms with Gasteiger partial charge in [-0.25, -0.2) is 0 Å². The van der Waals surface area contributed by atoms with Crippen molar-refractivity contribution in [2.45, 2.75) is 45.6 Å². The van der Waals surface area contributed by atoms with E-state index in [2.05, 4.69) is 6.92 Å². The van der Waals surface area contributed by atoms with Gasteiger partial charge in [0.1, 0.15) is 0 Å². The minimum atomic E-state index is -0.715. The van der Waals surface area contributed by atoms with Crippen molar-refractivity contribution in [2.24, 2.45) is 5.92 Å². The van der Waals surface area contributed by atoms with E-state index in [0.717, 1.165) is 12.5 Å². The highest BCUT2D eigenvalue weighted by Gasteiger charge is 2.23. The van der Waals surface area contributed by atoms with Crippen LogP contribution in [-0.4, -0.2) is 35.1 Å². The van der Waals surface area contributed by atoms with Crippen molar-refractivity contribution in [1.29, 1.82) is 0 Å². The first-order valence-electron chi connectivity index (χ1n) is 5.59. The van der Waals surface area contributed by atoms with Crippen molar-refractivity contribution >= 4 is 5.97 Å². The number of carboxylic acid groups (broad SMARTS) is 1. The molecule has 1 aliphatic carbocycles. The Morgan fingerprint density at radius 2 is 2.21 bits per heavy atom. The highest BCUT2D eigenvalue weighted by Crippen LogP contribution is 2.31. The molecule has 0 heterocycles. The molecule has 0 aliphatic heterocycles. The first-order chi connectivity index (χ1) is 6.63. The highest BCUT2D eigenvalue weighted by atomic mass is 16.4. The van der Waals surface area contributed by atoms with Gasteiger partial charge in [-0.05, 0) is 25.8 Å². The van der Waals surface area contributed by atoms with Gasteiger partial charge < -0.3 is 5.11 Å². The molecule has 1 rings (SSSR count). The van der Waals surface area contributed by atoms with E-state index in [1.165, 1.54) is 25.7 Å². The molecule has 0 bridgehead atoms. The molecule has 0 amide bonds. The zero-order valence-corrected chi connectivity index (χ0v) is 9.20. The molecule has 14 heavy (non-hydrogen) atoms. The predicted molar refractivity (Wildman–Crippen MR) is 56.3 cm³/mol. The smallest absolute Gasteiger partial charge is 0.317 e. The van der Waals surface area contributed by atoms with Crippen LogP contribution in [0.5, 0.6) is 0 Å². The Bertz CT molecular complexity index is 190. The second-order valence-electron chi connectivity index (χ2n) is 4.34. The molecule has 3 heteroatoms. The normalized spacial score (nSPS) is 19.4. The third kappa shape index (κ3) is 3.29. The number of carbonyl (C=O) groups is 1. The van der Waals surface area contributed by atoms with Crippen molar-refractivity contribution < 1.29 is 9.90 Å². The van der Waals surface area contributed by atoms with Crippen LogP contribution in [0.25, 0.3) is 0 Å². The lowest BCUT2D eigenvalue weighted by atomic mass is 9.81. The molecule has 0 aromatic rings. The Morgan fingerprint density at radius 3 is 2.57 bits per heavy atom. The van der Waals surface area contributed by atoms with Crippen molar-refractivity contribution in [3.63, 3.8) is 0 Å². The van der Waals surface area contributed by atoms with E-state index in [1.807, 2.05) is 11.8 Å². The number of nitrogens with zero attached hydrogens (tertiary/aromatic N) is 1. The van der Waals surface area contributed by atoms with Crippen molar-refractivity contribution in [3.8, 4) is 0 Å². The molecule has 0 saturated heterocycles. The number of likely N-dealkylation sites (N-methyl/N-ethyl adjacent to an activating group) is 1. The predicted octanol–water partition coefficient (Wildman–Crippen LogP) is 1.97. The topological polar surface area (TPSA) is 40.5 Å². The van der Waals surface area contributed by atoms with E-state index in [4.69, 9.17) is 5.11 Å². The third-order valence-electron chi connectivity index (χ3n) is 3.27. The lowest BCUT2D eigenvalue weighted by Crippen LogP contribution is -2.39. The van der Waals surface area contributed by atoms with E-state index >= 15 is 0 Å². The molecular weight excluding hydrogens is 178 g/mol. The average Bonchev–Trinajstić information content (AvgIpc) is 2.06. The van der Waals surface area contributed by atoms with Gasteiger partial charge in [0, 0.05) is 6.04 Å². The SMILES string of the molecule is CCN(CC(=O)O)C(C)CC1CCC1. The van der Waals surface area contributed by atoms with Crippen LogP contribution in [0, 0.1) is 5.92 Å². The Labute approximate surface area is 86.1 Å². The molecule has 1 fully saturated rings. The van der Waals surface area contributed by atoms with E-state index in [1.54, 1.807) is 0 Å². The van der Waals surface area contributed by atoms with Crippen molar-refractivity contribution in [1.82, 2.24) is 4.90 Å². The summed E-state index contributed by atoms with van der Waals surface area (Å²) < 4.78 is 0. The molecule has 82 valence electrons. The van der Waals surface area contributed by atoms with Gasteiger partial charge in [-0.2, -0.15) is 0 Å². The number of rotatable bonds is 6. The molecule has 0 aromatic heterocycles. The quantitative estimate of drug-likeness (QED) is 0.711. The van der Waals surface area contributed by atoms with Crippen LogP contribution >= 0.6 is 0 Å². The van der Waals surface area contributed by atoms with Crippen LogP contribution in [0.3, 0.4) is 0 Å². The summed E-state index contributed by atoms with van der Waals surface area (Å²) in [5.41, 5.74) is 0.